The molecule has 0 aliphatic heterocycles. The number of anilines is 1. The molecule has 19 heavy (non-hydrogen) atoms. The van der Waals surface area contributed by atoms with Crippen LogP contribution < -0.4 is 10.5 Å². The van der Waals surface area contributed by atoms with Gasteiger partial charge in [0.1, 0.15) is 11.6 Å². The molecule has 0 radical (unpaired) electrons. The molecule has 0 bridgehead atoms. The van der Waals surface area contributed by atoms with E-state index >= 15 is 0 Å². The number of nitrogens with two attached hydrogens (primary N) is 1. The molecule has 0 saturated carbocycles. The van der Waals surface area contributed by atoms with Gasteiger partial charge in [0, 0.05) is 12.1 Å². The van der Waals surface area contributed by atoms with Crippen molar-refractivity contribution < 1.29 is 12.8 Å². The van der Waals surface area contributed by atoms with E-state index in [0.717, 1.165) is 12.1 Å². The van der Waals surface area contributed by atoms with Crippen molar-refractivity contribution in [3.63, 3.8) is 0 Å². The van der Waals surface area contributed by atoms with E-state index in [0.29, 0.717) is 11.1 Å². The molecule has 0 unspecified atom stereocenters. The maximum Gasteiger partial charge on any atom is 0.263 e. The lowest BCUT2D eigenvalue weighted by molar-refractivity contribution is 0.598. The Morgan fingerprint density at radius 2 is 2.21 bits per heavy atom. The number of aromatic nitrogens is 2. The molecule has 4 N–H and O–H groups in total. The van der Waals surface area contributed by atoms with Crippen LogP contribution in [0.5, 0.6) is 0 Å². The number of aryl methyl sites for hydroxylation is 1. The van der Waals surface area contributed by atoms with E-state index in [1.54, 1.807) is 0 Å². The van der Waals surface area contributed by atoms with Crippen molar-refractivity contribution >= 4 is 15.8 Å². The van der Waals surface area contributed by atoms with Gasteiger partial charge in [0.05, 0.1) is 11.1 Å². The zero-order chi connectivity index (χ0) is 14.0. The summed E-state index contributed by atoms with van der Waals surface area (Å²) < 4.78 is 39.7. The highest BCUT2D eigenvalue weighted by molar-refractivity contribution is 7.92. The van der Waals surface area contributed by atoms with Gasteiger partial charge in [-0.15, -0.1) is 0 Å². The van der Waals surface area contributed by atoms with Crippen LogP contribution in [0.4, 0.5) is 10.2 Å². The number of halogens is 1. The quantitative estimate of drug-likeness (QED) is 0.783. The van der Waals surface area contributed by atoms with E-state index in [4.69, 9.17) is 5.73 Å². The number of hydrogen-bond donors (Lipinski definition) is 3. The van der Waals surface area contributed by atoms with Crippen LogP contribution in [0.2, 0.25) is 0 Å². The van der Waals surface area contributed by atoms with E-state index in [9.17, 15) is 12.8 Å². The van der Waals surface area contributed by atoms with Crippen molar-refractivity contribution in [3.8, 4) is 0 Å². The van der Waals surface area contributed by atoms with Crippen LogP contribution in [0.3, 0.4) is 0 Å². The summed E-state index contributed by atoms with van der Waals surface area (Å²) >= 11 is 0. The highest BCUT2D eigenvalue weighted by atomic mass is 32.2. The molecule has 0 fully saturated rings. The van der Waals surface area contributed by atoms with Gasteiger partial charge in [-0.2, -0.15) is 5.10 Å². The summed E-state index contributed by atoms with van der Waals surface area (Å²) in [7, 11) is -3.81. The third-order valence-corrected chi connectivity index (χ3v) is 4.11. The van der Waals surface area contributed by atoms with Crippen LogP contribution in [0.25, 0.3) is 0 Å². The molecule has 0 aliphatic carbocycles. The number of sulfonamides is 1. The van der Waals surface area contributed by atoms with E-state index in [-0.39, 0.29) is 17.3 Å². The van der Waals surface area contributed by atoms with Gasteiger partial charge in [-0.3, -0.25) is 9.82 Å². The Bertz CT molecular complexity index is 696. The van der Waals surface area contributed by atoms with Crippen LogP contribution in [0.1, 0.15) is 11.1 Å². The number of aromatic amines is 1. The molecule has 1 aromatic carbocycles. The molecule has 8 heteroatoms. The highest BCUT2D eigenvalue weighted by Gasteiger charge is 2.19. The standard InChI is InChI=1S/C11H13FN4O2S/c1-7-4-9(12)2-3-10(7)19(17,18)16-11-8(5-13)6-14-15-11/h2-4,6H,5,13H2,1H3,(H2,14,15,16). The first-order valence-corrected chi connectivity index (χ1v) is 6.93. The lowest BCUT2D eigenvalue weighted by atomic mass is 10.2. The van der Waals surface area contributed by atoms with Crippen molar-refractivity contribution in [3.05, 3.63) is 41.3 Å². The number of H-pyrrole nitrogens is 1. The zero-order valence-corrected chi connectivity index (χ0v) is 11.0. The van der Waals surface area contributed by atoms with Crippen molar-refractivity contribution in [2.75, 3.05) is 4.72 Å². The van der Waals surface area contributed by atoms with E-state index in [2.05, 4.69) is 14.9 Å². The Balaban J connectivity index is 2.38. The van der Waals surface area contributed by atoms with E-state index < -0.39 is 15.8 Å². The topological polar surface area (TPSA) is 101 Å². The Labute approximate surface area is 109 Å². The predicted octanol–water partition coefficient (Wildman–Crippen LogP) is 1.12. The summed E-state index contributed by atoms with van der Waals surface area (Å²) in [6, 6.07) is 3.47. The molecular weight excluding hydrogens is 271 g/mol. The van der Waals surface area contributed by atoms with Crippen molar-refractivity contribution in [2.45, 2.75) is 18.4 Å². The predicted molar refractivity (Wildman–Crippen MR) is 68.4 cm³/mol. The minimum absolute atomic E-state index is 0.00599. The lowest BCUT2D eigenvalue weighted by Gasteiger charge is -2.09. The molecule has 0 atom stereocenters. The molecule has 1 heterocycles. The molecule has 1 aromatic heterocycles. The molecule has 2 rings (SSSR count). The summed E-state index contributed by atoms with van der Waals surface area (Å²) in [6.45, 7) is 1.67. The zero-order valence-electron chi connectivity index (χ0n) is 10.1. The molecule has 0 spiro atoms. The second kappa shape index (κ2) is 4.98. The van der Waals surface area contributed by atoms with Crippen molar-refractivity contribution in [2.24, 2.45) is 5.73 Å². The third-order valence-electron chi connectivity index (χ3n) is 2.60. The minimum atomic E-state index is -3.81. The van der Waals surface area contributed by atoms with Crippen LogP contribution in [-0.4, -0.2) is 18.6 Å². The SMILES string of the molecule is Cc1cc(F)ccc1S(=O)(=O)Nc1[nH]ncc1CN. The van der Waals surface area contributed by atoms with E-state index in [1.165, 1.54) is 19.2 Å². The second-order valence-electron chi connectivity index (χ2n) is 3.99. The van der Waals surface area contributed by atoms with Gasteiger partial charge in [0.2, 0.25) is 0 Å². The van der Waals surface area contributed by atoms with Crippen LogP contribution in [0.15, 0.2) is 29.3 Å². The number of benzene rings is 1. The largest absolute Gasteiger partial charge is 0.326 e. The molecular formula is C11H13FN4O2S. The van der Waals surface area contributed by atoms with Gasteiger partial charge in [0.25, 0.3) is 10.0 Å². The Morgan fingerprint density at radius 1 is 1.47 bits per heavy atom. The van der Waals surface area contributed by atoms with Gasteiger partial charge in [0.15, 0.2) is 0 Å². The Kier molecular flexibility index (Phi) is 3.54. The smallest absolute Gasteiger partial charge is 0.263 e. The van der Waals surface area contributed by atoms with Crippen LogP contribution in [-0.2, 0) is 16.6 Å². The Morgan fingerprint density at radius 3 is 2.84 bits per heavy atom. The maximum atomic E-state index is 13.0. The fraction of sp³-hybridized carbons (Fsp3) is 0.182. The first-order chi connectivity index (χ1) is 8.94. The fourth-order valence-electron chi connectivity index (χ4n) is 1.66. The van der Waals surface area contributed by atoms with E-state index in [1.807, 2.05) is 0 Å². The molecule has 2 aromatic rings. The second-order valence-corrected chi connectivity index (χ2v) is 5.64. The monoisotopic (exact) mass is 284 g/mol. The average Bonchev–Trinajstić information content (AvgIpc) is 2.74. The van der Waals surface area contributed by atoms with Crippen molar-refractivity contribution in [1.29, 1.82) is 0 Å². The summed E-state index contributed by atoms with van der Waals surface area (Å²) in [4.78, 5) is 0.00599. The maximum absolute atomic E-state index is 13.0. The number of nitrogens with one attached hydrogen (secondary N) is 2. The van der Waals surface area contributed by atoms with Crippen LogP contribution >= 0.6 is 0 Å². The molecule has 0 saturated heterocycles. The lowest BCUT2D eigenvalue weighted by Crippen LogP contribution is -2.16. The van der Waals surface area contributed by atoms with Gasteiger partial charge in [-0.25, -0.2) is 12.8 Å². The Hall–Kier alpha value is -1.93. The molecule has 0 amide bonds. The first kappa shape index (κ1) is 13.5. The van der Waals surface area contributed by atoms with Gasteiger partial charge < -0.3 is 5.73 Å². The summed E-state index contributed by atoms with van der Waals surface area (Å²) in [5, 5.41) is 6.23. The van der Waals surface area contributed by atoms with Crippen LogP contribution in [0, 0.1) is 12.7 Å². The third kappa shape index (κ3) is 2.74. The average molecular weight is 284 g/mol. The summed E-state index contributed by atoms with van der Waals surface area (Å²) in [5.74, 6) is -0.271. The molecule has 0 aliphatic rings. The van der Waals surface area contributed by atoms with Crippen molar-refractivity contribution in [1.82, 2.24) is 10.2 Å². The van der Waals surface area contributed by atoms with Gasteiger partial charge >= 0.3 is 0 Å². The number of nitrogens with zero attached hydrogens (tertiary/aromatic N) is 1. The number of rotatable bonds is 4. The molecule has 6 nitrogen and oxygen atoms in total. The molecule has 102 valence electrons. The number of hydrogen-bond acceptors (Lipinski definition) is 4. The first-order valence-electron chi connectivity index (χ1n) is 5.45. The normalized spacial score (nSPS) is 11.5. The summed E-state index contributed by atoms with van der Waals surface area (Å²) in [5.41, 5.74) is 6.32. The highest BCUT2D eigenvalue weighted by Crippen LogP contribution is 2.20. The fourth-order valence-corrected chi connectivity index (χ4v) is 2.94. The summed E-state index contributed by atoms with van der Waals surface area (Å²) in [6.07, 6.45) is 1.44. The van der Waals surface area contributed by atoms with Gasteiger partial charge in [-0.05, 0) is 30.7 Å². The van der Waals surface area contributed by atoms with Gasteiger partial charge in [-0.1, -0.05) is 0 Å². The minimum Gasteiger partial charge on any atom is -0.326 e.